The molecule has 1 amide bonds. The van der Waals surface area contributed by atoms with Crippen LogP contribution in [0.1, 0.15) is 25.8 Å². The number of benzene rings is 1. The van der Waals surface area contributed by atoms with Crippen LogP contribution in [0, 0.1) is 5.82 Å². The molecule has 0 spiro atoms. The maximum atomic E-state index is 12.8. The maximum Gasteiger partial charge on any atom is 0.223 e. The van der Waals surface area contributed by atoms with Gasteiger partial charge in [0, 0.05) is 19.5 Å². The van der Waals surface area contributed by atoms with Crippen LogP contribution in [0.5, 0.6) is 0 Å². The highest BCUT2D eigenvalue weighted by Gasteiger charge is 2.34. The molecule has 1 aromatic carbocycles. The first-order chi connectivity index (χ1) is 9.89. The monoisotopic (exact) mass is 295 g/mol. The fourth-order valence-electron chi connectivity index (χ4n) is 2.64. The van der Waals surface area contributed by atoms with Crippen molar-refractivity contribution in [3.05, 3.63) is 35.6 Å². The van der Waals surface area contributed by atoms with E-state index in [4.69, 9.17) is 4.74 Å². The molecule has 4 nitrogen and oxygen atoms in total. The molecule has 1 N–H and O–H groups in total. The molecule has 1 heterocycles. The SMILES string of the molecule is CC1(C)CN(C(=O)CCc2ccc(F)cc2)CC(CO)O1. The Hall–Kier alpha value is -1.46. The number of hydrogen-bond acceptors (Lipinski definition) is 3. The first-order valence-electron chi connectivity index (χ1n) is 7.20. The molecule has 1 saturated heterocycles. The number of nitrogens with zero attached hydrogens (tertiary/aromatic N) is 1. The predicted molar refractivity (Wildman–Crippen MR) is 77.3 cm³/mol. The van der Waals surface area contributed by atoms with Gasteiger partial charge in [-0.25, -0.2) is 4.39 Å². The van der Waals surface area contributed by atoms with Gasteiger partial charge in [0.25, 0.3) is 0 Å². The number of carbonyl (C=O) groups excluding carboxylic acids is 1. The molecule has 116 valence electrons. The minimum atomic E-state index is -0.447. The van der Waals surface area contributed by atoms with Gasteiger partial charge in [0.1, 0.15) is 5.82 Å². The van der Waals surface area contributed by atoms with Gasteiger partial charge in [-0.15, -0.1) is 0 Å². The van der Waals surface area contributed by atoms with Crippen molar-refractivity contribution in [2.45, 2.75) is 38.4 Å². The lowest BCUT2D eigenvalue weighted by atomic mass is 10.0. The van der Waals surface area contributed by atoms with Gasteiger partial charge >= 0.3 is 0 Å². The fraction of sp³-hybridized carbons (Fsp3) is 0.562. The highest BCUT2D eigenvalue weighted by molar-refractivity contribution is 5.76. The summed E-state index contributed by atoms with van der Waals surface area (Å²) >= 11 is 0. The van der Waals surface area contributed by atoms with Crippen molar-refractivity contribution in [3.8, 4) is 0 Å². The van der Waals surface area contributed by atoms with E-state index in [0.717, 1.165) is 5.56 Å². The standard InChI is InChI=1S/C16H22FNO3/c1-16(2)11-18(9-14(10-19)21-16)15(20)8-5-12-3-6-13(17)7-4-12/h3-4,6-7,14,19H,5,8-11H2,1-2H3. The topological polar surface area (TPSA) is 49.8 Å². The predicted octanol–water partition coefficient (Wildman–Crippen LogP) is 1.76. The Morgan fingerprint density at radius 3 is 2.71 bits per heavy atom. The van der Waals surface area contributed by atoms with Crippen LogP contribution in [0.15, 0.2) is 24.3 Å². The largest absolute Gasteiger partial charge is 0.394 e. The van der Waals surface area contributed by atoms with Crippen LogP contribution in [0.3, 0.4) is 0 Å². The fourth-order valence-corrected chi connectivity index (χ4v) is 2.64. The van der Waals surface area contributed by atoms with Crippen molar-refractivity contribution in [1.82, 2.24) is 4.90 Å². The van der Waals surface area contributed by atoms with Gasteiger partial charge in [-0.3, -0.25) is 4.79 Å². The number of ether oxygens (including phenoxy) is 1. The summed E-state index contributed by atoms with van der Waals surface area (Å²) in [5.74, 6) is -0.236. The zero-order chi connectivity index (χ0) is 15.5. The molecular weight excluding hydrogens is 273 g/mol. The zero-order valence-corrected chi connectivity index (χ0v) is 12.5. The van der Waals surface area contributed by atoms with Gasteiger partial charge < -0.3 is 14.7 Å². The van der Waals surface area contributed by atoms with Crippen LogP contribution in [0.2, 0.25) is 0 Å². The van der Waals surface area contributed by atoms with Crippen molar-refractivity contribution in [1.29, 1.82) is 0 Å². The Bertz CT molecular complexity index is 487. The van der Waals surface area contributed by atoms with Crippen LogP contribution in [-0.2, 0) is 16.0 Å². The molecule has 0 aliphatic carbocycles. The van der Waals surface area contributed by atoms with Crippen molar-refractivity contribution in [2.24, 2.45) is 0 Å². The van der Waals surface area contributed by atoms with Crippen LogP contribution >= 0.6 is 0 Å². The van der Waals surface area contributed by atoms with Crippen molar-refractivity contribution < 1.29 is 19.0 Å². The molecule has 1 atom stereocenters. The second-order valence-electron chi connectivity index (χ2n) is 6.08. The third kappa shape index (κ3) is 4.51. The Morgan fingerprint density at radius 2 is 2.10 bits per heavy atom. The van der Waals surface area contributed by atoms with E-state index < -0.39 is 5.60 Å². The second kappa shape index (κ2) is 6.54. The van der Waals surface area contributed by atoms with E-state index in [1.165, 1.54) is 12.1 Å². The Balaban J connectivity index is 1.91. The van der Waals surface area contributed by atoms with Crippen LogP contribution in [0.25, 0.3) is 0 Å². The number of halogens is 1. The van der Waals surface area contributed by atoms with Crippen LogP contribution in [-0.4, -0.2) is 47.3 Å². The summed E-state index contributed by atoms with van der Waals surface area (Å²) in [5.41, 5.74) is 0.493. The molecule has 21 heavy (non-hydrogen) atoms. The van der Waals surface area contributed by atoms with Gasteiger partial charge in [0.15, 0.2) is 0 Å². The first kappa shape index (κ1) is 15.9. The molecule has 1 unspecified atom stereocenters. The summed E-state index contributed by atoms with van der Waals surface area (Å²) in [4.78, 5) is 14.0. The van der Waals surface area contributed by atoms with Gasteiger partial charge in [-0.05, 0) is 38.0 Å². The molecule has 2 rings (SSSR count). The minimum Gasteiger partial charge on any atom is -0.394 e. The summed E-state index contributed by atoms with van der Waals surface area (Å²) in [7, 11) is 0. The van der Waals surface area contributed by atoms with Crippen LogP contribution in [0.4, 0.5) is 4.39 Å². The average molecular weight is 295 g/mol. The number of amides is 1. The molecule has 0 aromatic heterocycles. The molecule has 0 radical (unpaired) electrons. The summed E-state index contributed by atoms with van der Waals surface area (Å²) in [6.07, 6.45) is 0.629. The minimum absolute atomic E-state index is 0.0363. The van der Waals surface area contributed by atoms with Crippen molar-refractivity contribution >= 4 is 5.91 Å². The molecule has 0 bridgehead atoms. The molecule has 1 aliphatic heterocycles. The third-order valence-corrected chi connectivity index (χ3v) is 3.58. The third-order valence-electron chi connectivity index (χ3n) is 3.58. The lowest BCUT2D eigenvalue weighted by molar-refractivity contribution is -0.166. The molecule has 1 aliphatic rings. The smallest absolute Gasteiger partial charge is 0.223 e. The summed E-state index contributed by atoms with van der Waals surface area (Å²) in [6.45, 7) is 4.67. The van der Waals surface area contributed by atoms with E-state index in [0.29, 0.717) is 25.9 Å². The number of aliphatic hydroxyl groups is 1. The van der Waals surface area contributed by atoms with E-state index in [-0.39, 0.29) is 24.4 Å². The quantitative estimate of drug-likeness (QED) is 0.921. The lowest BCUT2D eigenvalue weighted by Crippen LogP contribution is -2.55. The summed E-state index contributed by atoms with van der Waals surface area (Å²) < 4.78 is 18.5. The van der Waals surface area contributed by atoms with Crippen LogP contribution < -0.4 is 0 Å². The number of hydrogen-bond donors (Lipinski definition) is 1. The summed E-state index contributed by atoms with van der Waals surface area (Å²) in [6, 6.07) is 6.20. The van der Waals surface area contributed by atoms with Crippen molar-refractivity contribution in [2.75, 3.05) is 19.7 Å². The molecule has 5 heteroatoms. The molecule has 1 aromatic rings. The Labute approximate surface area is 124 Å². The number of morpholine rings is 1. The molecular formula is C16H22FNO3. The summed E-state index contributed by atoms with van der Waals surface area (Å²) in [5, 5.41) is 9.26. The number of aryl methyl sites for hydroxylation is 1. The number of rotatable bonds is 4. The van der Waals surface area contributed by atoms with Gasteiger partial charge in [-0.1, -0.05) is 12.1 Å². The highest BCUT2D eigenvalue weighted by atomic mass is 19.1. The molecule has 0 saturated carbocycles. The van der Waals surface area contributed by atoms with E-state index in [9.17, 15) is 14.3 Å². The Morgan fingerprint density at radius 1 is 1.43 bits per heavy atom. The zero-order valence-electron chi connectivity index (χ0n) is 12.5. The van der Waals surface area contributed by atoms with E-state index >= 15 is 0 Å². The first-order valence-corrected chi connectivity index (χ1v) is 7.20. The van der Waals surface area contributed by atoms with Crippen molar-refractivity contribution in [3.63, 3.8) is 0 Å². The normalized spacial score (nSPS) is 21.3. The van der Waals surface area contributed by atoms with Gasteiger partial charge in [0.2, 0.25) is 5.91 Å². The number of carbonyl (C=O) groups is 1. The lowest BCUT2D eigenvalue weighted by Gasteiger charge is -2.42. The highest BCUT2D eigenvalue weighted by Crippen LogP contribution is 2.21. The van der Waals surface area contributed by atoms with Gasteiger partial charge in [0.05, 0.1) is 18.3 Å². The maximum absolute atomic E-state index is 12.8. The van der Waals surface area contributed by atoms with Gasteiger partial charge in [-0.2, -0.15) is 0 Å². The Kier molecular flexibility index (Phi) is 4.96. The van der Waals surface area contributed by atoms with E-state index in [1.807, 2.05) is 13.8 Å². The molecule has 1 fully saturated rings. The second-order valence-corrected chi connectivity index (χ2v) is 6.08. The average Bonchev–Trinajstić information content (AvgIpc) is 2.44. The van der Waals surface area contributed by atoms with E-state index in [1.54, 1.807) is 17.0 Å². The number of aliphatic hydroxyl groups excluding tert-OH is 1. The van der Waals surface area contributed by atoms with E-state index in [2.05, 4.69) is 0 Å².